The number of amides is 4. The van der Waals surface area contributed by atoms with Crippen LogP contribution in [0.3, 0.4) is 0 Å². The Labute approximate surface area is 214 Å². The minimum Gasteiger partial charge on any atom is -0.492 e. The number of benzene rings is 2. The summed E-state index contributed by atoms with van der Waals surface area (Å²) in [5.74, 6) is -1.24. The molecule has 0 aliphatic carbocycles. The fourth-order valence-corrected chi connectivity index (χ4v) is 3.57. The van der Waals surface area contributed by atoms with Crippen molar-refractivity contribution < 1.29 is 33.0 Å². The van der Waals surface area contributed by atoms with Crippen molar-refractivity contribution in [1.82, 2.24) is 20.4 Å². The summed E-state index contributed by atoms with van der Waals surface area (Å²) in [5, 5.41) is 5.39. The Morgan fingerprint density at radius 2 is 1.81 bits per heavy atom. The molecule has 37 heavy (non-hydrogen) atoms. The van der Waals surface area contributed by atoms with Crippen LogP contribution in [0.15, 0.2) is 48.5 Å². The number of carbonyl (C=O) groups excluding carboxylic acids is 4. The molecule has 1 heterocycles. The minimum absolute atomic E-state index is 0.0205. The average Bonchev–Trinajstić information content (AvgIpc) is 2.89. The van der Waals surface area contributed by atoms with Crippen LogP contribution >= 0.6 is 0 Å². The Kier molecular flexibility index (Phi) is 9.82. The molecule has 10 nitrogen and oxygen atoms in total. The zero-order valence-electron chi connectivity index (χ0n) is 20.9. The zero-order chi connectivity index (χ0) is 26.8. The fraction of sp³-hybridized carbons (Fsp3) is 0.385. The first kappa shape index (κ1) is 27.4. The van der Waals surface area contributed by atoms with E-state index in [1.165, 1.54) is 41.1 Å². The van der Waals surface area contributed by atoms with E-state index in [1.807, 2.05) is 0 Å². The fourth-order valence-electron chi connectivity index (χ4n) is 3.57. The van der Waals surface area contributed by atoms with Crippen LogP contribution in [-0.2, 0) is 14.4 Å². The van der Waals surface area contributed by atoms with Crippen LogP contribution < -0.4 is 20.1 Å². The van der Waals surface area contributed by atoms with Gasteiger partial charge in [-0.2, -0.15) is 0 Å². The molecule has 11 heteroatoms. The van der Waals surface area contributed by atoms with Gasteiger partial charge in [-0.25, -0.2) is 4.39 Å². The van der Waals surface area contributed by atoms with Gasteiger partial charge < -0.3 is 29.9 Å². The molecule has 0 spiro atoms. The third-order valence-electron chi connectivity index (χ3n) is 5.79. The van der Waals surface area contributed by atoms with Crippen molar-refractivity contribution in [2.45, 2.75) is 18.9 Å². The van der Waals surface area contributed by atoms with E-state index in [-0.39, 0.29) is 68.9 Å². The lowest BCUT2D eigenvalue weighted by atomic mass is 10.1. The largest absolute Gasteiger partial charge is 0.492 e. The van der Waals surface area contributed by atoms with E-state index in [9.17, 15) is 23.6 Å². The number of nitrogens with one attached hydrogen (secondary N) is 2. The highest BCUT2D eigenvalue weighted by atomic mass is 19.1. The molecule has 198 valence electrons. The Hall–Kier alpha value is -4.15. The number of carbonyl (C=O) groups is 4. The Bertz CT molecular complexity index is 1110. The lowest BCUT2D eigenvalue weighted by Gasteiger charge is -2.22. The van der Waals surface area contributed by atoms with Crippen LogP contribution in [-0.4, -0.2) is 86.4 Å². The van der Waals surface area contributed by atoms with E-state index < -0.39 is 17.9 Å². The first-order valence-electron chi connectivity index (χ1n) is 11.9. The number of hydrogen-bond donors (Lipinski definition) is 2. The van der Waals surface area contributed by atoms with Crippen molar-refractivity contribution in [1.29, 1.82) is 0 Å². The molecule has 0 fully saturated rings. The summed E-state index contributed by atoms with van der Waals surface area (Å²) in [6.45, 7) is 0.531. The number of hydrogen-bond acceptors (Lipinski definition) is 6. The molecule has 0 bridgehead atoms. The highest BCUT2D eigenvalue weighted by Crippen LogP contribution is 2.19. The first-order valence-corrected chi connectivity index (χ1v) is 11.9. The van der Waals surface area contributed by atoms with Gasteiger partial charge in [-0.1, -0.05) is 12.1 Å². The van der Waals surface area contributed by atoms with Crippen LogP contribution in [0.4, 0.5) is 4.39 Å². The first-order chi connectivity index (χ1) is 17.7. The van der Waals surface area contributed by atoms with Crippen LogP contribution in [0.5, 0.6) is 11.5 Å². The van der Waals surface area contributed by atoms with Crippen molar-refractivity contribution >= 4 is 23.6 Å². The Balaban J connectivity index is 1.70. The summed E-state index contributed by atoms with van der Waals surface area (Å²) >= 11 is 0. The van der Waals surface area contributed by atoms with Gasteiger partial charge in [0.15, 0.2) is 0 Å². The summed E-state index contributed by atoms with van der Waals surface area (Å²) in [6.07, 6.45) is -0.0390. The SMILES string of the molecule is CN1CCOc2ccccc2C(=O)N[C@H](C(=O)NCCOc2ccc(F)cc2)CCC(=O)N(C)CC1=O. The van der Waals surface area contributed by atoms with E-state index in [2.05, 4.69) is 10.6 Å². The topological polar surface area (TPSA) is 117 Å². The van der Waals surface area contributed by atoms with Crippen LogP contribution in [0.25, 0.3) is 0 Å². The number of fused-ring (bicyclic) bond motifs is 1. The van der Waals surface area contributed by atoms with E-state index >= 15 is 0 Å². The van der Waals surface area contributed by atoms with Gasteiger partial charge in [0.05, 0.1) is 25.2 Å². The molecule has 1 aliphatic heterocycles. The molecular formula is C26H31FN4O6. The van der Waals surface area contributed by atoms with Gasteiger partial charge in [0.25, 0.3) is 5.91 Å². The van der Waals surface area contributed by atoms with Gasteiger partial charge in [-0.05, 0) is 42.8 Å². The molecule has 0 aromatic heterocycles. The quantitative estimate of drug-likeness (QED) is 0.580. The molecule has 0 unspecified atom stereocenters. The van der Waals surface area contributed by atoms with Crippen LogP contribution in [0.2, 0.25) is 0 Å². The van der Waals surface area contributed by atoms with Gasteiger partial charge >= 0.3 is 0 Å². The molecule has 0 saturated carbocycles. The molecule has 3 rings (SSSR count). The van der Waals surface area contributed by atoms with Crippen molar-refractivity contribution in [2.24, 2.45) is 0 Å². The Morgan fingerprint density at radius 3 is 2.57 bits per heavy atom. The van der Waals surface area contributed by atoms with Crippen molar-refractivity contribution in [2.75, 3.05) is 46.9 Å². The van der Waals surface area contributed by atoms with Gasteiger partial charge in [0.1, 0.15) is 36.6 Å². The predicted molar refractivity (Wildman–Crippen MR) is 133 cm³/mol. The predicted octanol–water partition coefficient (Wildman–Crippen LogP) is 1.21. The van der Waals surface area contributed by atoms with E-state index in [1.54, 1.807) is 31.3 Å². The molecule has 2 N–H and O–H groups in total. The van der Waals surface area contributed by atoms with Gasteiger partial charge in [-0.3, -0.25) is 19.2 Å². The van der Waals surface area contributed by atoms with E-state index in [4.69, 9.17) is 9.47 Å². The van der Waals surface area contributed by atoms with E-state index in [0.717, 1.165) is 0 Å². The maximum absolute atomic E-state index is 13.1. The summed E-state index contributed by atoms with van der Waals surface area (Å²) in [4.78, 5) is 53.9. The highest BCUT2D eigenvalue weighted by molar-refractivity contribution is 5.99. The number of likely N-dealkylation sites (N-methyl/N-ethyl adjacent to an activating group) is 2. The normalized spacial score (nSPS) is 17.6. The molecular weight excluding hydrogens is 483 g/mol. The molecule has 2 aromatic rings. The second-order valence-electron chi connectivity index (χ2n) is 8.57. The van der Waals surface area contributed by atoms with Gasteiger partial charge in [-0.15, -0.1) is 0 Å². The number of halogens is 1. The average molecular weight is 515 g/mol. The summed E-state index contributed by atoms with van der Waals surface area (Å²) in [6, 6.07) is 11.1. The number of para-hydroxylation sites is 1. The van der Waals surface area contributed by atoms with Crippen molar-refractivity contribution in [3.05, 3.63) is 59.9 Å². The van der Waals surface area contributed by atoms with Crippen LogP contribution in [0, 0.1) is 5.82 Å². The summed E-state index contributed by atoms with van der Waals surface area (Å²) < 4.78 is 24.3. The maximum Gasteiger partial charge on any atom is 0.255 e. The van der Waals surface area contributed by atoms with Gasteiger partial charge in [0.2, 0.25) is 17.7 Å². The van der Waals surface area contributed by atoms with Crippen molar-refractivity contribution in [3.8, 4) is 11.5 Å². The number of nitrogens with zero attached hydrogens (tertiary/aromatic N) is 2. The summed E-state index contributed by atoms with van der Waals surface area (Å²) in [7, 11) is 3.12. The van der Waals surface area contributed by atoms with E-state index in [0.29, 0.717) is 11.5 Å². The standard InChI is InChI=1S/C26H31FN4O6/c1-30-14-16-37-22-6-4-3-5-20(22)25(34)29-21(11-12-23(32)31(2)17-24(30)33)26(35)28-13-15-36-19-9-7-18(27)8-10-19/h3-10,21H,11-17H2,1-2H3,(H,28,35)(H,29,34)/t21-/m0/s1. The lowest BCUT2D eigenvalue weighted by molar-refractivity contribution is -0.139. The molecule has 0 radical (unpaired) electrons. The second kappa shape index (κ2) is 13.2. The molecule has 4 amide bonds. The van der Waals surface area contributed by atoms with Crippen molar-refractivity contribution in [3.63, 3.8) is 0 Å². The number of rotatable bonds is 5. The Morgan fingerprint density at radius 1 is 1.08 bits per heavy atom. The molecule has 2 aromatic carbocycles. The summed E-state index contributed by atoms with van der Waals surface area (Å²) in [5.41, 5.74) is 0.229. The highest BCUT2D eigenvalue weighted by Gasteiger charge is 2.25. The third-order valence-corrected chi connectivity index (χ3v) is 5.79. The number of ether oxygens (including phenoxy) is 2. The monoisotopic (exact) mass is 514 g/mol. The smallest absolute Gasteiger partial charge is 0.255 e. The molecule has 1 atom stereocenters. The minimum atomic E-state index is -1.02. The van der Waals surface area contributed by atoms with Crippen LogP contribution in [0.1, 0.15) is 23.2 Å². The second-order valence-corrected chi connectivity index (χ2v) is 8.57. The molecule has 1 aliphatic rings. The maximum atomic E-state index is 13.1. The van der Waals surface area contributed by atoms with Gasteiger partial charge in [0, 0.05) is 20.5 Å². The zero-order valence-corrected chi connectivity index (χ0v) is 20.9. The lowest BCUT2D eigenvalue weighted by Crippen LogP contribution is -2.48. The molecule has 0 saturated heterocycles. The third kappa shape index (κ3) is 8.19.